The Hall–Kier alpha value is -4.75. The highest BCUT2D eigenvalue weighted by Gasteiger charge is 2.36. The number of amides is 1. The summed E-state index contributed by atoms with van der Waals surface area (Å²) in [5, 5.41) is 5.20. The van der Waals surface area contributed by atoms with Crippen LogP contribution < -0.4 is 5.32 Å². The highest BCUT2D eigenvalue weighted by molar-refractivity contribution is 6.33. The van der Waals surface area contributed by atoms with E-state index < -0.39 is 0 Å². The minimum absolute atomic E-state index is 0.0686. The molecule has 1 amide bonds. The zero-order chi connectivity index (χ0) is 40.5. The summed E-state index contributed by atoms with van der Waals surface area (Å²) in [6.45, 7) is 13.4. The molecule has 2 atom stereocenters. The predicted molar refractivity (Wildman–Crippen MR) is 242 cm³/mol. The molecule has 5 nitrogen and oxygen atoms in total. The lowest BCUT2D eigenvalue weighted by molar-refractivity contribution is -0.145. The molecule has 0 saturated carbocycles. The number of carbonyl (C=O) groups is 1. The molecule has 0 spiro atoms. The molecule has 7 heteroatoms. The smallest absolute Gasteiger partial charge is 0.228 e. The number of carbonyl (C=O) groups excluding carboxylic acids is 1. The summed E-state index contributed by atoms with van der Waals surface area (Å²) in [6.07, 6.45) is 0. The van der Waals surface area contributed by atoms with Crippen molar-refractivity contribution < 1.29 is 4.79 Å². The standard InChI is InChI=1S/C28H31ClN2O.C23H23ClN2/c1-28(2,3)27(32)31-18-17-30(20-26(31)23-9-5-4-6-10-23)19-21-13-15-22(16-14-21)24-11-7-8-12-25(24)29;24-22-9-5-4-8-21(22)19-12-10-18(11-13-19)16-26-15-14-25-23(17-26)20-6-2-1-3-7-20/h4-16,26H,17-20H2,1-3H3;1-13,23,25H,14-17H2. The number of nitrogens with zero attached hydrogens (tertiary/aromatic N) is 3. The van der Waals surface area contributed by atoms with E-state index in [0.29, 0.717) is 6.04 Å². The fourth-order valence-electron chi connectivity index (χ4n) is 7.97. The number of nitrogens with one attached hydrogen (secondary N) is 1. The van der Waals surface area contributed by atoms with E-state index in [4.69, 9.17) is 23.2 Å². The zero-order valence-electron chi connectivity index (χ0n) is 33.8. The van der Waals surface area contributed by atoms with Crippen LogP contribution >= 0.6 is 23.2 Å². The van der Waals surface area contributed by atoms with Crippen LogP contribution in [0.15, 0.2) is 158 Å². The number of rotatable bonds is 8. The number of benzene rings is 6. The van der Waals surface area contributed by atoms with Crippen LogP contribution in [-0.4, -0.2) is 59.9 Å². The molecule has 0 radical (unpaired) electrons. The van der Waals surface area contributed by atoms with Crippen molar-refractivity contribution in [2.24, 2.45) is 5.41 Å². The van der Waals surface area contributed by atoms with Gasteiger partial charge in [0.2, 0.25) is 5.91 Å². The van der Waals surface area contributed by atoms with E-state index in [2.05, 4.69) is 129 Å². The van der Waals surface area contributed by atoms with Gasteiger partial charge in [0.1, 0.15) is 0 Å². The summed E-state index contributed by atoms with van der Waals surface area (Å²) in [6, 6.07) is 55.0. The minimum Gasteiger partial charge on any atom is -0.333 e. The Morgan fingerprint density at radius 1 is 0.569 bits per heavy atom. The van der Waals surface area contributed by atoms with Gasteiger partial charge in [-0.15, -0.1) is 0 Å². The van der Waals surface area contributed by atoms with Crippen LogP contribution in [0.4, 0.5) is 0 Å². The fourth-order valence-corrected chi connectivity index (χ4v) is 8.46. The Balaban J connectivity index is 0.000000180. The number of hydrogen-bond acceptors (Lipinski definition) is 4. The molecule has 2 unspecified atom stereocenters. The van der Waals surface area contributed by atoms with Gasteiger partial charge in [0.25, 0.3) is 0 Å². The minimum atomic E-state index is -0.385. The van der Waals surface area contributed by atoms with Gasteiger partial charge in [-0.1, -0.05) is 190 Å². The second-order valence-corrected chi connectivity index (χ2v) is 17.2. The molecular weight excluding hydrogens is 755 g/mol. The lowest BCUT2D eigenvalue weighted by atomic mass is 9.91. The van der Waals surface area contributed by atoms with E-state index in [1.807, 2.05) is 69.3 Å². The molecule has 1 N–H and O–H groups in total. The first-order chi connectivity index (χ1) is 28.1. The first kappa shape index (κ1) is 41.4. The zero-order valence-corrected chi connectivity index (χ0v) is 35.3. The third kappa shape index (κ3) is 10.6. The van der Waals surface area contributed by atoms with E-state index in [9.17, 15) is 4.79 Å². The first-order valence-corrected chi connectivity index (χ1v) is 21.1. The van der Waals surface area contributed by atoms with E-state index in [1.165, 1.54) is 27.8 Å². The Bertz CT molecular complexity index is 2220. The van der Waals surface area contributed by atoms with Gasteiger partial charge in [-0.05, 0) is 45.5 Å². The molecule has 0 aromatic heterocycles. The Morgan fingerprint density at radius 3 is 1.53 bits per heavy atom. The third-order valence-electron chi connectivity index (χ3n) is 11.1. The molecule has 2 heterocycles. The van der Waals surface area contributed by atoms with Gasteiger partial charge in [-0.3, -0.25) is 14.6 Å². The van der Waals surface area contributed by atoms with Crippen molar-refractivity contribution in [1.82, 2.24) is 20.0 Å². The molecule has 2 fully saturated rings. The van der Waals surface area contributed by atoms with Crippen LogP contribution in [-0.2, 0) is 17.9 Å². The monoisotopic (exact) mass is 808 g/mol. The van der Waals surface area contributed by atoms with Crippen molar-refractivity contribution in [2.45, 2.75) is 45.9 Å². The highest BCUT2D eigenvalue weighted by Crippen LogP contribution is 2.32. The van der Waals surface area contributed by atoms with Gasteiger partial charge in [0.05, 0.1) is 6.04 Å². The van der Waals surface area contributed by atoms with Crippen LogP contribution in [0.25, 0.3) is 22.3 Å². The third-order valence-corrected chi connectivity index (χ3v) is 11.8. The Morgan fingerprint density at radius 2 is 1.03 bits per heavy atom. The Kier molecular flexibility index (Phi) is 13.8. The number of halogens is 2. The van der Waals surface area contributed by atoms with E-state index in [-0.39, 0.29) is 17.4 Å². The lowest BCUT2D eigenvalue weighted by Gasteiger charge is -2.44. The van der Waals surface area contributed by atoms with E-state index >= 15 is 0 Å². The SMILES string of the molecule is CC(C)(C)C(=O)N1CCN(Cc2ccc(-c3ccccc3Cl)cc2)CC1c1ccccc1.Clc1ccccc1-c1ccc(CN2CCNC(c3ccccc3)C2)cc1. The summed E-state index contributed by atoms with van der Waals surface area (Å²) < 4.78 is 0. The van der Waals surface area contributed by atoms with Gasteiger partial charge in [-0.25, -0.2) is 0 Å². The molecule has 8 rings (SSSR count). The molecule has 58 heavy (non-hydrogen) atoms. The van der Waals surface area contributed by atoms with Gasteiger partial charge in [-0.2, -0.15) is 0 Å². The molecule has 2 aliphatic rings. The molecule has 6 aromatic rings. The van der Waals surface area contributed by atoms with Gasteiger partial charge < -0.3 is 10.2 Å². The maximum absolute atomic E-state index is 13.2. The first-order valence-electron chi connectivity index (χ1n) is 20.4. The molecule has 0 aliphatic carbocycles. The predicted octanol–water partition coefficient (Wildman–Crippen LogP) is 11.6. The van der Waals surface area contributed by atoms with Crippen LogP contribution in [0.3, 0.4) is 0 Å². The summed E-state index contributed by atoms with van der Waals surface area (Å²) in [4.78, 5) is 20.2. The topological polar surface area (TPSA) is 38.8 Å². The van der Waals surface area contributed by atoms with Gasteiger partial charge >= 0.3 is 0 Å². The van der Waals surface area contributed by atoms with Crippen molar-refractivity contribution in [1.29, 1.82) is 0 Å². The second-order valence-electron chi connectivity index (χ2n) is 16.4. The molecule has 298 valence electrons. The van der Waals surface area contributed by atoms with Gasteiger partial charge in [0.15, 0.2) is 0 Å². The van der Waals surface area contributed by atoms with Crippen molar-refractivity contribution >= 4 is 29.1 Å². The Labute approximate surface area is 355 Å². The average molecular weight is 810 g/mol. The molecule has 2 saturated heterocycles. The quantitative estimate of drug-likeness (QED) is 0.166. The van der Waals surface area contributed by atoms with Crippen LogP contribution in [0.1, 0.15) is 55.1 Å². The van der Waals surface area contributed by atoms with Crippen LogP contribution in [0.2, 0.25) is 10.0 Å². The van der Waals surface area contributed by atoms with Crippen molar-refractivity contribution in [3.8, 4) is 22.3 Å². The lowest BCUT2D eigenvalue weighted by Crippen LogP contribution is -2.53. The number of piperazine rings is 2. The molecule has 0 bridgehead atoms. The van der Waals surface area contributed by atoms with Crippen LogP contribution in [0.5, 0.6) is 0 Å². The molecule has 2 aliphatic heterocycles. The highest BCUT2D eigenvalue weighted by atomic mass is 35.5. The number of hydrogen-bond donors (Lipinski definition) is 1. The maximum Gasteiger partial charge on any atom is 0.228 e. The van der Waals surface area contributed by atoms with E-state index in [0.717, 1.165) is 79.1 Å². The molecule has 6 aromatic carbocycles. The summed E-state index contributed by atoms with van der Waals surface area (Å²) in [5.74, 6) is 0.218. The summed E-state index contributed by atoms with van der Waals surface area (Å²) in [7, 11) is 0. The maximum atomic E-state index is 13.2. The van der Waals surface area contributed by atoms with Crippen molar-refractivity contribution in [3.05, 3.63) is 190 Å². The summed E-state index contributed by atoms with van der Waals surface area (Å²) in [5.41, 5.74) is 9.23. The van der Waals surface area contributed by atoms with Crippen molar-refractivity contribution in [2.75, 3.05) is 39.3 Å². The largest absolute Gasteiger partial charge is 0.333 e. The van der Waals surface area contributed by atoms with Gasteiger partial charge in [0, 0.05) is 85.0 Å². The van der Waals surface area contributed by atoms with E-state index in [1.54, 1.807) is 0 Å². The second kappa shape index (κ2) is 19.3. The molecular formula is C51H54Cl2N4O. The van der Waals surface area contributed by atoms with Crippen LogP contribution in [0, 0.1) is 5.41 Å². The average Bonchev–Trinajstić information content (AvgIpc) is 3.25. The normalized spacial score (nSPS) is 17.6. The van der Waals surface area contributed by atoms with Crippen molar-refractivity contribution in [3.63, 3.8) is 0 Å². The fraction of sp³-hybridized carbons (Fsp3) is 0.275. The summed E-state index contributed by atoms with van der Waals surface area (Å²) >= 11 is 12.7.